The number of hydrogen-bond acceptors (Lipinski definition) is 4. The van der Waals surface area contributed by atoms with Gasteiger partial charge < -0.3 is 10.0 Å². The first-order chi connectivity index (χ1) is 11.5. The fourth-order valence-corrected chi connectivity index (χ4v) is 3.30. The van der Waals surface area contributed by atoms with E-state index in [0.29, 0.717) is 12.2 Å². The number of pyridine rings is 1. The highest BCUT2D eigenvalue weighted by molar-refractivity contribution is 6.04. The summed E-state index contributed by atoms with van der Waals surface area (Å²) in [6.07, 6.45) is 1.72. The van der Waals surface area contributed by atoms with Gasteiger partial charge in [-0.1, -0.05) is 6.07 Å². The molecule has 0 saturated heterocycles. The molecule has 5 nitrogen and oxygen atoms in total. The lowest BCUT2D eigenvalue weighted by Crippen LogP contribution is -2.52. The summed E-state index contributed by atoms with van der Waals surface area (Å²) in [5.41, 5.74) is 1.15. The van der Waals surface area contributed by atoms with Crippen LogP contribution < -0.4 is 0 Å². The molecule has 2 aromatic rings. The molecule has 1 aliphatic carbocycles. The van der Waals surface area contributed by atoms with Crippen molar-refractivity contribution in [3.05, 3.63) is 65.2 Å². The number of amides is 1. The molecule has 0 bridgehead atoms. The topological polar surface area (TPSA) is 70.5 Å². The standard InChI is InChI=1S/C18H15FN2O3/c19-12-5-3-11(4-6-12)15(22)17(24)21-10-18(7-8-18)13-2-1-9-20-14(13)16(21)23/h1-6,9,17,24H,7-8,10H2. The first-order valence-corrected chi connectivity index (χ1v) is 7.76. The molecule has 24 heavy (non-hydrogen) atoms. The number of rotatable bonds is 3. The fourth-order valence-electron chi connectivity index (χ4n) is 3.30. The van der Waals surface area contributed by atoms with Crippen LogP contribution in [0.1, 0.15) is 39.3 Å². The highest BCUT2D eigenvalue weighted by atomic mass is 19.1. The molecular weight excluding hydrogens is 311 g/mol. The van der Waals surface area contributed by atoms with E-state index in [0.717, 1.165) is 30.5 Å². The number of carbonyl (C=O) groups excluding carboxylic acids is 2. The molecule has 1 aromatic heterocycles. The number of halogens is 1. The zero-order valence-electron chi connectivity index (χ0n) is 12.8. The molecule has 1 amide bonds. The first kappa shape index (κ1) is 15.0. The van der Waals surface area contributed by atoms with Gasteiger partial charge in [0, 0.05) is 23.7 Å². The summed E-state index contributed by atoms with van der Waals surface area (Å²) >= 11 is 0. The zero-order chi connectivity index (χ0) is 16.9. The van der Waals surface area contributed by atoms with Crippen LogP contribution in [0.15, 0.2) is 42.6 Å². The van der Waals surface area contributed by atoms with Gasteiger partial charge in [0.1, 0.15) is 11.5 Å². The largest absolute Gasteiger partial charge is 0.366 e. The van der Waals surface area contributed by atoms with Crippen LogP contribution in [0.5, 0.6) is 0 Å². The minimum absolute atomic E-state index is 0.161. The number of Topliss-reactive ketones (excluding diaryl/α,β-unsaturated/α-hetero) is 1. The van der Waals surface area contributed by atoms with Crippen LogP contribution in [0, 0.1) is 5.82 Å². The molecule has 1 fully saturated rings. The van der Waals surface area contributed by atoms with Gasteiger partial charge in [0.05, 0.1) is 0 Å². The minimum Gasteiger partial charge on any atom is -0.366 e. The maximum Gasteiger partial charge on any atom is 0.275 e. The number of ketones is 1. The van der Waals surface area contributed by atoms with E-state index in [2.05, 4.69) is 4.98 Å². The molecule has 1 N–H and O–H groups in total. The van der Waals surface area contributed by atoms with Gasteiger partial charge in [-0.15, -0.1) is 0 Å². The van der Waals surface area contributed by atoms with Gasteiger partial charge in [0.2, 0.25) is 5.78 Å². The second-order valence-corrected chi connectivity index (χ2v) is 6.36. The molecule has 1 unspecified atom stereocenters. The van der Waals surface area contributed by atoms with Crippen LogP contribution in [-0.2, 0) is 5.41 Å². The monoisotopic (exact) mass is 326 g/mol. The zero-order valence-corrected chi connectivity index (χ0v) is 12.8. The van der Waals surface area contributed by atoms with Crippen molar-refractivity contribution in [2.75, 3.05) is 6.54 Å². The van der Waals surface area contributed by atoms with E-state index in [4.69, 9.17) is 0 Å². The summed E-state index contributed by atoms with van der Waals surface area (Å²) in [6, 6.07) is 8.58. The van der Waals surface area contributed by atoms with E-state index >= 15 is 0 Å². The summed E-state index contributed by atoms with van der Waals surface area (Å²) in [5, 5.41) is 10.5. The summed E-state index contributed by atoms with van der Waals surface area (Å²) in [6.45, 7) is 0.290. The number of fused-ring (bicyclic) bond motifs is 2. The molecule has 1 aliphatic heterocycles. The van der Waals surface area contributed by atoms with Crippen molar-refractivity contribution < 1.29 is 19.1 Å². The molecule has 6 heteroatoms. The smallest absolute Gasteiger partial charge is 0.275 e. The molecule has 122 valence electrons. The third-order valence-electron chi connectivity index (χ3n) is 4.83. The van der Waals surface area contributed by atoms with Crippen molar-refractivity contribution in [1.29, 1.82) is 0 Å². The molecule has 2 aliphatic rings. The van der Waals surface area contributed by atoms with Gasteiger partial charge >= 0.3 is 0 Å². The van der Waals surface area contributed by atoms with Crippen LogP contribution in [0.3, 0.4) is 0 Å². The lowest BCUT2D eigenvalue weighted by atomic mass is 9.89. The van der Waals surface area contributed by atoms with Gasteiger partial charge in [0.15, 0.2) is 6.23 Å². The summed E-state index contributed by atoms with van der Waals surface area (Å²) < 4.78 is 13.0. The van der Waals surface area contributed by atoms with E-state index in [9.17, 15) is 19.1 Å². The lowest BCUT2D eigenvalue weighted by molar-refractivity contribution is 0.00527. The number of hydrogen-bond donors (Lipinski definition) is 1. The predicted molar refractivity (Wildman–Crippen MR) is 82.9 cm³/mol. The third kappa shape index (κ3) is 2.22. The van der Waals surface area contributed by atoms with Gasteiger partial charge in [-0.05, 0) is 48.7 Å². The van der Waals surface area contributed by atoms with Crippen molar-refractivity contribution in [3.8, 4) is 0 Å². The Balaban J connectivity index is 1.66. The maximum absolute atomic E-state index is 13.0. The highest BCUT2D eigenvalue weighted by Gasteiger charge is 2.53. The molecule has 1 saturated carbocycles. The second-order valence-electron chi connectivity index (χ2n) is 6.36. The number of carbonyl (C=O) groups is 2. The van der Waals surface area contributed by atoms with E-state index in [1.165, 1.54) is 23.2 Å². The SMILES string of the molecule is O=C(c1ccc(F)cc1)C(O)N1CC2(CC2)c2cccnc2C1=O. The Bertz CT molecular complexity index is 830. The lowest BCUT2D eigenvalue weighted by Gasteiger charge is -2.36. The Labute approximate surface area is 137 Å². The Morgan fingerprint density at radius 3 is 2.62 bits per heavy atom. The van der Waals surface area contributed by atoms with E-state index in [1.54, 1.807) is 6.07 Å². The van der Waals surface area contributed by atoms with Crippen LogP contribution in [-0.4, -0.2) is 39.5 Å². The van der Waals surface area contributed by atoms with Crippen LogP contribution in [0.4, 0.5) is 4.39 Å². The van der Waals surface area contributed by atoms with Gasteiger partial charge in [-0.3, -0.25) is 14.6 Å². The van der Waals surface area contributed by atoms with Crippen molar-refractivity contribution in [3.63, 3.8) is 0 Å². The Hall–Kier alpha value is -2.60. The minimum atomic E-state index is -1.60. The summed E-state index contributed by atoms with van der Waals surface area (Å²) in [5.74, 6) is -1.55. The van der Waals surface area contributed by atoms with Gasteiger partial charge in [-0.2, -0.15) is 0 Å². The quantitative estimate of drug-likeness (QED) is 0.875. The van der Waals surface area contributed by atoms with Crippen LogP contribution in [0.25, 0.3) is 0 Å². The second kappa shape index (κ2) is 5.21. The molecule has 1 atom stereocenters. The molecule has 4 rings (SSSR count). The molecule has 1 aromatic carbocycles. The van der Waals surface area contributed by atoms with E-state index in [-0.39, 0.29) is 11.0 Å². The Kier molecular flexibility index (Phi) is 3.25. The normalized spacial score (nSPS) is 19.1. The Morgan fingerprint density at radius 1 is 1.25 bits per heavy atom. The third-order valence-corrected chi connectivity index (χ3v) is 4.83. The first-order valence-electron chi connectivity index (χ1n) is 7.76. The predicted octanol–water partition coefficient (Wildman–Crippen LogP) is 1.91. The summed E-state index contributed by atoms with van der Waals surface area (Å²) in [4.78, 5) is 30.4. The number of aromatic nitrogens is 1. The molecule has 1 spiro atoms. The number of nitrogens with zero attached hydrogens (tertiary/aromatic N) is 2. The molecule has 0 radical (unpaired) electrons. The molecular formula is C18H15FN2O3. The average molecular weight is 326 g/mol. The summed E-state index contributed by atoms with van der Waals surface area (Å²) in [7, 11) is 0. The van der Waals surface area contributed by atoms with Crippen LogP contribution in [0.2, 0.25) is 0 Å². The van der Waals surface area contributed by atoms with Crippen molar-refractivity contribution in [1.82, 2.24) is 9.88 Å². The van der Waals surface area contributed by atoms with E-state index < -0.39 is 23.7 Å². The van der Waals surface area contributed by atoms with Crippen molar-refractivity contribution in [2.24, 2.45) is 0 Å². The number of benzene rings is 1. The number of aliphatic hydroxyl groups excluding tert-OH is 1. The highest BCUT2D eigenvalue weighted by Crippen LogP contribution is 2.52. The van der Waals surface area contributed by atoms with Crippen molar-refractivity contribution in [2.45, 2.75) is 24.5 Å². The number of aliphatic hydroxyl groups is 1. The molecule has 2 heterocycles. The van der Waals surface area contributed by atoms with Gasteiger partial charge in [0.25, 0.3) is 5.91 Å². The van der Waals surface area contributed by atoms with E-state index in [1.807, 2.05) is 6.07 Å². The Morgan fingerprint density at radius 2 is 1.96 bits per heavy atom. The average Bonchev–Trinajstić information content (AvgIpc) is 3.38. The van der Waals surface area contributed by atoms with Crippen molar-refractivity contribution >= 4 is 11.7 Å². The van der Waals surface area contributed by atoms with Gasteiger partial charge in [-0.25, -0.2) is 4.39 Å². The van der Waals surface area contributed by atoms with Crippen LogP contribution >= 0.6 is 0 Å². The fraction of sp³-hybridized carbons (Fsp3) is 0.278. The maximum atomic E-state index is 13.0.